The highest BCUT2D eigenvalue weighted by molar-refractivity contribution is 5.35. The minimum atomic E-state index is -4.42. The monoisotopic (exact) mass is 233 g/mol. The molecule has 1 heterocycles. The van der Waals surface area contributed by atoms with Crippen molar-refractivity contribution in [1.29, 1.82) is 0 Å². The maximum Gasteiger partial charge on any atom is 0.418 e. The van der Waals surface area contributed by atoms with Crippen LogP contribution >= 0.6 is 0 Å². The molecule has 0 spiro atoms. The summed E-state index contributed by atoms with van der Waals surface area (Å²) in [5.41, 5.74) is -0.832. The fraction of sp³-hybridized carbons (Fsp3) is 0.545. The van der Waals surface area contributed by atoms with E-state index in [1.54, 1.807) is 13.8 Å². The Kier molecular flexibility index (Phi) is 3.17. The topological polar surface area (TPSA) is 22.0 Å². The number of nitrogens with zero attached hydrogens (tertiary/aromatic N) is 1. The lowest BCUT2D eigenvalue weighted by Gasteiger charge is -2.17. The van der Waals surface area contributed by atoms with E-state index < -0.39 is 11.7 Å². The van der Waals surface area contributed by atoms with Gasteiger partial charge >= 0.3 is 6.18 Å². The van der Waals surface area contributed by atoms with Crippen LogP contribution in [0.4, 0.5) is 13.2 Å². The number of hydrogen-bond donors (Lipinski definition) is 0. The van der Waals surface area contributed by atoms with Gasteiger partial charge in [0.05, 0.1) is 5.56 Å². The Balaban J connectivity index is 3.64. The van der Waals surface area contributed by atoms with Crippen LogP contribution < -0.4 is 5.56 Å². The molecule has 2 nitrogen and oxygen atoms in total. The third-order valence-electron chi connectivity index (χ3n) is 2.56. The molecule has 0 atom stereocenters. The molecule has 0 aliphatic heterocycles. The first-order valence-corrected chi connectivity index (χ1v) is 4.93. The van der Waals surface area contributed by atoms with Crippen LogP contribution in [-0.2, 0) is 13.2 Å². The van der Waals surface area contributed by atoms with Gasteiger partial charge < -0.3 is 4.57 Å². The van der Waals surface area contributed by atoms with Crippen molar-refractivity contribution in [1.82, 2.24) is 4.57 Å². The van der Waals surface area contributed by atoms with Gasteiger partial charge in [0.25, 0.3) is 5.56 Å². The number of pyridine rings is 1. The van der Waals surface area contributed by atoms with E-state index in [1.165, 1.54) is 14.0 Å². The third kappa shape index (κ3) is 2.13. The van der Waals surface area contributed by atoms with Gasteiger partial charge in [-0.2, -0.15) is 13.2 Å². The SMILES string of the molecule is Cc1c(C(F)(F)F)cn(C)c(=O)c1C(C)C. The number of aromatic nitrogens is 1. The molecule has 0 N–H and O–H groups in total. The first kappa shape index (κ1) is 12.8. The lowest BCUT2D eigenvalue weighted by atomic mass is 9.96. The van der Waals surface area contributed by atoms with Crippen LogP contribution in [0.1, 0.15) is 36.5 Å². The Morgan fingerprint density at radius 3 is 2.19 bits per heavy atom. The summed E-state index contributed by atoms with van der Waals surface area (Å²) in [7, 11) is 1.34. The zero-order valence-electron chi connectivity index (χ0n) is 9.64. The predicted molar refractivity (Wildman–Crippen MR) is 55.5 cm³/mol. The molecule has 0 bridgehead atoms. The van der Waals surface area contributed by atoms with Crippen LogP contribution in [-0.4, -0.2) is 4.57 Å². The summed E-state index contributed by atoms with van der Waals surface area (Å²) in [5, 5.41) is 0. The number of hydrogen-bond acceptors (Lipinski definition) is 1. The van der Waals surface area contributed by atoms with E-state index in [1.807, 2.05) is 0 Å². The first-order chi connectivity index (χ1) is 7.16. The molecule has 0 aliphatic rings. The molecule has 90 valence electrons. The van der Waals surface area contributed by atoms with Crippen LogP contribution in [0.3, 0.4) is 0 Å². The van der Waals surface area contributed by atoms with Crippen molar-refractivity contribution in [3.05, 3.63) is 33.2 Å². The van der Waals surface area contributed by atoms with Crippen LogP contribution in [0.25, 0.3) is 0 Å². The number of alkyl halides is 3. The molecule has 1 rings (SSSR count). The summed E-state index contributed by atoms with van der Waals surface area (Å²) in [4.78, 5) is 11.7. The fourth-order valence-electron chi connectivity index (χ4n) is 1.81. The van der Waals surface area contributed by atoms with E-state index in [-0.39, 0.29) is 22.6 Å². The highest BCUT2D eigenvalue weighted by atomic mass is 19.4. The highest BCUT2D eigenvalue weighted by Gasteiger charge is 2.34. The minimum Gasteiger partial charge on any atom is -0.318 e. The quantitative estimate of drug-likeness (QED) is 0.731. The van der Waals surface area contributed by atoms with Crippen LogP contribution in [0.5, 0.6) is 0 Å². The average Bonchev–Trinajstić information content (AvgIpc) is 2.09. The van der Waals surface area contributed by atoms with Gasteiger partial charge in [-0.15, -0.1) is 0 Å². The molecule has 1 aromatic heterocycles. The summed E-state index contributed by atoms with van der Waals surface area (Å²) in [6, 6.07) is 0. The summed E-state index contributed by atoms with van der Waals surface area (Å²) < 4.78 is 39.1. The minimum absolute atomic E-state index is 0.0330. The zero-order chi connectivity index (χ0) is 12.7. The van der Waals surface area contributed by atoms with Gasteiger partial charge in [-0.1, -0.05) is 13.8 Å². The molecule has 0 aromatic carbocycles. The number of aryl methyl sites for hydroxylation is 1. The van der Waals surface area contributed by atoms with E-state index >= 15 is 0 Å². The van der Waals surface area contributed by atoms with Gasteiger partial charge in [0, 0.05) is 18.8 Å². The van der Waals surface area contributed by atoms with Gasteiger partial charge in [-0.25, -0.2) is 0 Å². The van der Waals surface area contributed by atoms with E-state index in [0.717, 1.165) is 10.8 Å². The van der Waals surface area contributed by atoms with Crippen LogP contribution in [0.2, 0.25) is 0 Å². The second-order valence-corrected chi connectivity index (χ2v) is 4.15. The average molecular weight is 233 g/mol. The molecule has 0 radical (unpaired) electrons. The van der Waals surface area contributed by atoms with E-state index in [2.05, 4.69) is 0 Å². The molecule has 5 heteroatoms. The molecule has 0 amide bonds. The Morgan fingerprint density at radius 1 is 1.31 bits per heavy atom. The Hall–Kier alpha value is -1.26. The summed E-state index contributed by atoms with van der Waals surface area (Å²) >= 11 is 0. The summed E-state index contributed by atoms with van der Waals surface area (Å²) in [5.74, 6) is -0.221. The van der Waals surface area contributed by atoms with Gasteiger partial charge in [-0.05, 0) is 18.4 Å². The summed E-state index contributed by atoms with van der Waals surface area (Å²) in [6.45, 7) is 4.77. The molecular formula is C11H14F3NO. The third-order valence-corrected chi connectivity index (χ3v) is 2.56. The molecule has 0 aliphatic carbocycles. The van der Waals surface area contributed by atoms with Crippen LogP contribution in [0, 0.1) is 6.92 Å². The summed E-state index contributed by atoms with van der Waals surface area (Å²) in [6.07, 6.45) is -3.57. The van der Waals surface area contributed by atoms with Crippen molar-refractivity contribution >= 4 is 0 Å². The standard InChI is InChI=1S/C11H14F3NO/c1-6(2)9-7(3)8(11(12,13)14)5-15(4)10(9)16/h5-6H,1-4H3. The fourth-order valence-corrected chi connectivity index (χ4v) is 1.81. The first-order valence-electron chi connectivity index (χ1n) is 4.93. The van der Waals surface area contributed by atoms with Crippen molar-refractivity contribution in [3.8, 4) is 0 Å². The highest BCUT2D eigenvalue weighted by Crippen LogP contribution is 2.33. The maximum absolute atomic E-state index is 12.7. The van der Waals surface area contributed by atoms with Gasteiger partial charge in [0.1, 0.15) is 0 Å². The predicted octanol–water partition coefficient (Wildman–Crippen LogP) is 2.84. The van der Waals surface area contributed by atoms with Gasteiger partial charge in [0.15, 0.2) is 0 Å². The second kappa shape index (κ2) is 3.96. The van der Waals surface area contributed by atoms with Gasteiger partial charge in [-0.3, -0.25) is 4.79 Å². The zero-order valence-corrected chi connectivity index (χ0v) is 9.64. The molecule has 0 unspecified atom stereocenters. The molecular weight excluding hydrogens is 219 g/mol. The van der Waals surface area contributed by atoms with Crippen molar-refractivity contribution in [3.63, 3.8) is 0 Å². The number of halogens is 3. The van der Waals surface area contributed by atoms with E-state index in [0.29, 0.717) is 0 Å². The van der Waals surface area contributed by atoms with Crippen LogP contribution in [0.15, 0.2) is 11.0 Å². The van der Waals surface area contributed by atoms with Crippen molar-refractivity contribution < 1.29 is 13.2 Å². The lowest BCUT2D eigenvalue weighted by molar-refractivity contribution is -0.138. The maximum atomic E-state index is 12.7. The Morgan fingerprint density at radius 2 is 1.81 bits per heavy atom. The largest absolute Gasteiger partial charge is 0.418 e. The van der Waals surface area contributed by atoms with Crippen molar-refractivity contribution in [2.45, 2.75) is 32.9 Å². The lowest BCUT2D eigenvalue weighted by Crippen LogP contribution is -2.26. The normalized spacial score (nSPS) is 12.2. The second-order valence-electron chi connectivity index (χ2n) is 4.15. The van der Waals surface area contributed by atoms with Gasteiger partial charge in [0.2, 0.25) is 0 Å². The Labute approximate surface area is 91.7 Å². The Bertz CT molecular complexity index is 458. The van der Waals surface area contributed by atoms with Crippen molar-refractivity contribution in [2.75, 3.05) is 0 Å². The number of rotatable bonds is 1. The molecule has 0 saturated carbocycles. The van der Waals surface area contributed by atoms with Crippen molar-refractivity contribution in [2.24, 2.45) is 7.05 Å². The molecule has 16 heavy (non-hydrogen) atoms. The smallest absolute Gasteiger partial charge is 0.318 e. The molecule has 1 aromatic rings. The van der Waals surface area contributed by atoms with E-state index in [4.69, 9.17) is 0 Å². The molecule has 0 saturated heterocycles. The van der Waals surface area contributed by atoms with E-state index in [9.17, 15) is 18.0 Å². The molecule has 0 fully saturated rings.